The molecule has 2 heterocycles. The van der Waals surface area contributed by atoms with E-state index in [1.54, 1.807) is 79.0 Å². The summed E-state index contributed by atoms with van der Waals surface area (Å²) in [4.78, 5) is 83.8. The van der Waals surface area contributed by atoms with Crippen LogP contribution in [0, 0.1) is 22.5 Å². The summed E-state index contributed by atoms with van der Waals surface area (Å²) < 4.78 is 53.6. The highest BCUT2D eigenvalue weighted by Gasteiger charge is 2.57. The zero-order valence-electron chi connectivity index (χ0n) is 41.3. The molecule has 0 spiro atoms. The van der Waals surface area contributed by atoms with Gasteiger partial charge in [0.25, 0.3) is 0 Å². The lowest BCUT2D eigenvalue weighted by Crippen LogP contribution is -2.35. The number of pyridine rings is 2. The lowest BCUT2D eigenvalue weighted by molar-refractivity contribution is -0.132. The molecular weight excluding hydrogens is 1020 g/mol. The molecule has 2 aromatic heterocycles. The van der Waals surface area contributed by atoms with E-state index in [1.807, 2.05) is 0 Å². The minimum Gasteiger partial charge on any atom is -0.496 e. The number of carboxylic acids is 1. The average Bonchev–Trinajstić information content (AvgIpc) is 4.56. The Balaban J connectivity index is 0.000000223. The van der Waals surface area contributed by atoms with E-state index in [4.69, 9.17) is 23.7 Å². The number of hydrogen-bond donors (Lipinski definition) is 5. The van der Waals surface area contributed by atoms with Crippen LogP contribution in [0.15, 0.2) is 146 Å². The third-order valence-corrected chi connectivity index (χ3v) is 12.8. The van der Waals surface area contributed by atoms with Crippen LogP contribution < -0.4 is 40.2 Å². The molecule has 0 atom stereocenters. The molecule has 79 heavy (non-hydrogen) atoms. The van der Waals surface area contributed by atoms with Gasteiger partial charge in [-0.1, -0.05) is 14.9 Å². The Morgan fingerprint density at radius 1 is 0.468 bits per heavy atom. The molecule has 0 aliphatic heterocycles. The first-order valence-corrected chi connectivity index (χ1v) is 23.7. The van der Waals surface area contributed by atoms with E-state index < -0.39 is 58.0 Å². The second-order valence-corrected chi connectivity index (χ2v) is 17.8. The van der Waals surface area contributed by atoms with Gasteiger partial charge < -0.3 is 50.1 Å². The topological polar surface area (TPSA) is 243 Å². The Morgan fingerprint density at radius 2 is 0.797 bits per heavy atom. The monoisotopic (exact) mass is 1080 g/mol. The van der Waals surface area contributed by atoms with Crippen LogP contribution in [-0.2, 0) is 23.9 Å². The molecule has 2 saturated carbocycles. The molecule has 6 aromatic carbocycles. The van der Waals surface area contributed by atoms with Crippen molar-refractivity contribution in [1.82, 2.24) is 9.97 Å². The van der Waals surface area contributed by atoms with Crippen LogP contribution in [-0.4, -0.2) is 72.0 Å². The minimum atomic E-state index is -1.18. The van der Waals surface area contributed by atoms with E-state index in [9.17, 15) is 42.7 Å². The second kappa shape index (κ2) is 23.9. The summed E-state index contributed by atoms with van der Waals surface area (Å²) in [6, 6.07) is 33.4. The molecule has 5 N–H and O–H groups in total. The molecule has 2 fully saturated rings. The van der Waals surface area contributed by atoms with Gasteiger partial charge >= 0.3 is 11.9 Å². The van der Waals surface area contributed by atoms with Gasteiger partial charge in [0.1, 0.15) is 68.1 Å². The molecule has 0 bridgehead atoms. The normalized spacial score (nSPS) is 13.0. The molecule has 10 rings (SSSR count). The summed E-state index contributed by atoms with van der Waals surface area (Å²) in [5, 5.41) is 21.5. The standard InChI is InChI=1S/C29H24FN3O6.C28H22FN3O6.2CH4/c1-37-25-16-23-21(15-22(25)26(34)38-2)24(11-14-31-23)39-20-9-7-19(8-10-20)33-28(36)29(12-13-29)27(35)32-18-5-3-17(30)4-6-18;1-37-24-15-22-20(14-21(24)25(33)34)23(10-13-30-22)38-19-8-6-18(7-9-19)32-27(36)28(11-12-28)26(35)31-17-4-2-16(29)3-5-17;;/h3-11,14-16H,12-13H2,1-2H3,(H,32,35)(H,33,36);2-10,13-15H,11-12H2,1H3,(H,31,35)(H,32,36)(H,33,34);2*1H4. The predicted molar refractivity (Wildman–Crippen MR) is 292 cm³/mol. The molecule has 2 aliphatic rings. The van der Waals surface area contributed by atoms with Crippen molar-refractivity contribution in [2.75, 3.05) is 42.6 Å². The van der Waals surface area contributed by atoms with Gasteiger partial charge in [0.05, 0.1) is 32.4 Å². The van der Waals surface area contributed by atoms with Gasteiger partial charge in [0.15, 0.2) is 0 Å². The van der Waals surface area contributed by atoms with E-state index in [0.717, 1.165) is 0 Å². The van der Waals surface area contributed by atoms with E-state index in [2.05, 4.69) is 31.2 Å². The largest absolute Gasteiger partial charge is 0.496 e. The average molecular weight is 1080 g/mol. The van der Waals surface area contributed by atoms with E-state index >= 15 is 0 Å². The van der Waals surface area contributed by atoms with Gasteiger partial charge in [-0.3, -0.25) is 29.1 Å². The molecular formula is C59H54F2N6O12. The highest BCUT2D eigenvalue weighted by Crippen LogP contribution is 2.49. The Labute approximate surface area is 452 Å². The Hall–Kier alpha value is -9.98. The van der Waals surface area contributed by atoms with Crippen LogP contribution in [0.1, 0.15) is 61.3 Å². The predicted octanol–water partition coefficient (Wildman–Crippen LogP) is 11.8. The van der Waals surface area contributed by atoms with Crippen LogP contribution in [0.25, 0.3) is 21.8 Å². The number of methoxy groups -OCH3 is 3. The summed E-state index contributed by atoms with van der Waals surface area (Å²) in [5.41, 5.74) is 0.731. The number of benzene rings is 6. The van der Waals surface area contributed by atoms with Gasteiger partial charge in [0, 0.05) is 58.0 Å². The number of halogens is 2. The molecule has 0 saturated heterocycles. The van der Waals surface area contributed by atoms with Crippen molar-refractivity contribution in [1.29, 1.82) is 0 Å². The number of carbonyl (C=O) groups is 6. The Kier molecular flexibility index (Phi) is 17.2. The van der Waals surface area contributed by atoms with Crippen LogP contribution >= 0.6 is 0 Å². The van der Waals surface area contributed by atoms with Crippen LogP contribution in [0.3, 0.4) is 0 Å². The van der Waals surface area contributed by atoms with Gasteiger partial charge in [-0.15, -0.1) is 0 Å². The number of amides is 4. The van der Waals surface area contributed by atoms with Gasteiger partial charge in [-0.05, 0) is 147 Å². The van der Waals surface area contributed by atoms with E-state index in [1.165, 1.54) is 88.2 Å². The lowest BCUT2D eigenvalue weighted by atomic mass is 10.0. The number of fused-ring (bicyclic) bond motifs is 2. The lowest BCUT2D eigenvalue weighted by Gasteiger charge is -2.16. The summed E-state index contributed by atoms with van der Waals surface area (Å²) >= 11 is 0. The zero-order chi connectivity index (χ0) is 54.4. The van der Waals surface area contributed by atoms with Crippen LogP contribution in [0.5, 0.6) is 34.5 Å². The molecule has 8 aromatic rings. The number of carbonyl (C=O) groups excluding carboxylic acids is 5. The van der Waals surface area contributed by atoms with Gasteiger partial charge in [-0.2, -0.15) is 0 Å². The molecule has 4 amide bonds. The van der Waals surface area contributed by atoms with Gasteiger partial charge in [0.2, 0.25) is 23.6 Å². The number of rotatable bonds is 16. The first kappa shape index (κ1) is 56.7. The number of esters is 1. The van der Waals surface area contributed by atoms with Crippen molar-refractivity contribution in [2.24, 2.45) is 10.8 Å². The number of anilines is 4. The van der Waals surface area contributed by atoms with Crippen molar-refractivity contribution in [2.45, 2.75) is 40.5 Å². The zero-order valence-corrected chi connectivity index (χ0v) is 41.3. The van der Waals surface area contributed by atoms with Crippen molar-refractivity contribution >= 4 is 80.1 Å². The number of carboxylic acid groups (broad SMARTS) is 1. The molecule has 18 nitrogen and oxygen atoms in total. The summed E-state index contributed by atoms with van der Waals surface area (Å²) in [7, 11) is 4.13. The SMILES string of the molecule is C.C.COC(=O)c1cc2c(Oc3ccc(NC(=O)C4(C(=O)Nc5ccc(F)cc5)CC4)cc3)ccnc2cc1OC.COc1cc2nccc(Oc3ccc(NC(=O)C4(C(=O)Nc5ccc(F)cc5)CC4)cc3)c2cc1C(=O)O. The van der Waals surface area contributed by atoms with Crippen molar-refractivity contribution in [3.63, 3.8) is 0 Å². The molecule has 406 valence electrons. The van der Waals surface area contributed by atoms with E-state index in [0.29, 0.717) is 99.0 Å². The highest BCUT2D eigenvalue weighted by atomic mass is 19.1. The number of aromatic nitrogens is 2. The van der Waals surface area contributed by atoms with Crippen LogP contribution in [0.2, 0.25) is 0 Å². The Bertz CT molecular complexity index is 3590. The van der Waals surface area contributed by atoms with Crippen LogP contribution in [0.4, 0.5) is 31.5 Å². The second-order valence-electron chi connectivity index (χ2n) is 17.8. The van der Waals surface area contributed by atoms with Crippen molar-refractivity contribution in [3.8, 4) is 34.5 Å². The fraction of sp³-hybridized carbons (Fsp3) is 0.186. The first-order valence-electron chi connectivity index (χ1n) is 23.7. The van der Waals surface area contributed by atoms with Crippen molar-refractivity contribution in [3.05, 3.63) is 169 Å². The smallest absolute Gasteiger partial charge is 0.341 e. The first-order chi connectivity index (χ1) is 37.1. The fourth-order valence-corrected chi connectivity index (χ4v) is 8.15. The quantitative estimate of drug-likeness (QED) is 0.0447. The summed E-state index contributed by atoms with van der Waals surface area (Å²) in [6.07, 6.45) is 4.77. The van der Waals surface area contributed by atoms with E-state index in [-0.39, 0.29) is 31.7 Å². The van der Waals surface area contributed by atoms with Gasteiger partial charge in [-0.25, -0.2) is 18.4 Å². The summed E-state index contributed by atoms with van der Waals surface area (Å²) in [6.45, 7) is 0. The number of nitrogens with one attached hydrogen (secondary N) is 4. The van der Waals surface area contributed by atoms with Crippen molar-refractivity contribution < 1.29 is 66.3 Å². The molecule has 20 heteroatoms. The maximum absolute atomic E-state index is 13.1. The highest BCUT2D eigenvalue weighted by molar-refractivity contribution is 6.18. The Morgan fingerprint density at radius 3 is 1.11 bits per heavy atom. The number of nitrogens with zero attached hydrogens (tertiary/aromatic N) is 2. The molecule has 0 radical (unpaired) electrons. The number of aromatic carboxylic acids is 1. The third-order valence-electron chi connectivity index (χ3n) is 12.8. The third kappa shape index (κ3) is 12.5. The molecule has 0 unspecified atom stereocenters. The maximum atomic E-state index is 13.1. The fourth-order valence-electron chi connectivity index (χ4n) is 8.15. The molecule has 2 aliphatic carbocycles. The number of hydrogen-bond acceptors (Lipinski definition) is 13. The maximum Gasteiger partial charge on any atom is 0.341 e. The number of ether oxygens (including phenoxy) is 5. The minimum absolute atomic E-state index is 0. The summed E-state index contributed by atoms with van der Waals surface area (Å²) in [5.74, 6) is -1.95.